The maximum Gasteiger partial charge on any atom is 0.149 e. The Hall–Kier alpha value is 0.330. The van der Waals surface area contributed by atoms with Crippen LogP contribution in [0.2, 0.25) is 0 Å². The zero-order valence-corrected chi connectivity index (χ0v) is 6.04. The zero-order valence-electron chi connectivity index (χ0n) is 4.33. The van der Waals surface area contributed by atoms with Crippen molar-refractivity contribution in [2.45, 2.75) is 6.42 Å². The van der Waals surface area contributed by atoms with E-state index in [1.54, 1.807) is 15.7 Å². The van der Waals surface area contributed by atoms with Gasteiger partial charge in [0.05, 0.1) is 6.54 Å². The molecule has 4 heteroatoms. The van der Waals surface area contributed by atoms with Crippen molar-refractivity contribution in [3.05, 3.63) is 0 Å². The first kappa shape index (κ1) is 6.45. The van der Waals surface area contributed by atoms with Crippen molar-refractivity contribution >= 4 is 30.5 Å². The van der Waals surface area contributed by atoms with Gasteiger partial charge < -0.3 is 0 Å². The highest BCUT2D eigenvalue weighted by atomic mass is 32.2. The lowest BCUT2D eigenvalue weighted by atomic mass is 10.3. The summed E-state index contributed by atoms with van der Waals surface area (Å²) < 4.78 is 1.67. The fraction of sp³-hybridized carbons (Fsp3) is 0.750. The highest BCUT2D eigenvalue weighted by Crippen LogP contribution is 2.18. The van der Waals surface area contributed by atoms with E-state index in [4.69, 9.17) is 0 Å². The molecule has 1 heterocycles. The Morgan fingerprint density at radius 3 is 2.88 bits per heavy atom. The number of rotatable bonds is 0. The minimum Gasteiger partial charge on any atom is -0.298 e. The number of hydrogen-bond acceptors (Lipinski definition) is 4. The van der Waals surface area contributed by atoms with E-state index in [1.165, 1.54) is 0 Å². The first-order valence-corrected chi connectivity index (χ1v) is 3.74. The molecule has 0 saturated carbocycles. The molecule has 1 aliphatic rings. The smallest absolute Gasteiger partial charge is 0.149 e. The van der Waals surface area contributed by atoms with Gasteiger partial charge in [-0.05, 0) is 0 Å². The molecule has 46 valence electrons. The Morgan fingerprint density at radius 2 is 2.50 bits per heavy atom. The van der Waals surface area contributed by atoms with E-state index >= 15 is 0 Å². The monoisotopic (exact) mass is 149 g/mol. The van der Waals surface area contributed by atoms with Crippen molar-refractivity contribution in [2.24, 2.45) is 0 Å². The Kier molecular flexibility index (Phi) is 2.22. The number of hydrogen-bond donors (Lipinski definition) is 1. The van der Waals surface area contributed by atoms with Crippen LogP contribution in [0.3, 0.4) is 0 Å². The molecule has 0 aromatic heterocycles. The van der Waals surface area contributed by atoms with Crippen molar-refractivity contribution < 1.29 is 4.79 Å². The van der Waals surface area contributed by atoms with Crippen LogP contribution in [0, 0.1) is 0 Å². The van der Waals surface area contributed by atoms with E-state index in [-0.39, 0.29) is 0 Å². The predicted octanol–water partition coefficient (Wildman–Crippen LogP) is 0.754. The molecule has 2 nitrogen and oxygen atoms in total. The van der Waals surface area contributed by atoms with Crippen LogP contribution in [0.15, 0.2) is 0 Å². The summed E-state index contributed by atoms with van der Waals surface area (Å²) in [4.78, 5) is 10.6. The van der Waals surface area contributed by atoms with Gasteiger partial charge in [0, 0.05) is 12.2 Å². The number of Topliss-reactive ketones (excluding diaryl/α,β-unsaturated/α-hetero) is 1. The Balaban J connectivity index is 2.34. The van der Waals surface area contributed by atoms with Crippen LogP contribution in [0.25, 0.3) is 0 Å². The minimum atomic E-state index is 0.291. The van der Waals surface area contributed by atoms with E-state index in [9.17, 15) is 4.79 Å². The first-order chi connectivity index (χ1) is 3.79. The van der Waals surface area contributed by atoms with Gasteiger partial charge in [0.15, 0.2) is 0 Å². The SMILES string of the molecule is O=C1CCSN(S)C1. The number of carbonyl (C=O) groups excluding carboxylic acids is 1. The molecule has 1 saturated heterocycles. The third-order valence-electron chi connectivity index (χ3n) is 0.933. The summed E-state index contributed by atoms with van der Waals surface area (Å²) in [5, 5.41) is 0. The summed E-state index contributed by atoms with van der Waals surface area (Å²) in [5.74, 6) is 1.18. The third kappa shape index (κ3) is 1.69. The molecule has 0 atom stereocenters. The molecule has 0 unspecified atom stereocenters. The van der Waals surface area contributed by atoms with Gasteiger partial charge in [-0.15, -0.1) is 0 Å². The van der Waals surface area contributed by atoms with E-state index in [1.807, 2.05) is 0 Å². The van der Waals surface area contributed by atoms with Crippen LogP contribution < -0.4 is 0 Å². The van der Waals surface area contributed by atoms with Crippen molar-refractivity contribution in [3.8, 4) is 0 Å². The van der Waals surface area contributed by atoms with Gasteiger partial charge in [-0.2, -0.15) is 3.71 Å². The fourth-order valence-corrected chi connectivity index (χ4v) is 1.71. The molecule has 0 amide bonds. The summed E-state index contributed by atoms with van der Waals surface area (Å²) in [6.07, 6.45) is 0.710. The van der Waals surface area contributed by atoms with Gasteiger partial charge in [-0.1, -0.05) is 24.8 Å². The topological polar surface area (TPSA) is 20.3 Å². The Bertz CT molecular complexity index is 106. The Morgan fingerprint density at radius 1 is 1.75 bits per heavy atom. The summed E-state index contributed by atoms with van der Waals surface area (Å²) >= 11 is 5.59. The van der Waals surface area contributed by atoms with Crippen molar-refractivity contribution in [1.29, 1.82) is 0 Å². The summed E-state index contributed by atoms with van der Waals surface area (Å²) in [6, 6.07) is 0. The summed E-state index contributed by atoms with van der Waals surface area (Å²) in [5.41, 5.74) is 0. The van der Waals surface area contributed by atoms with E-state index in [2.05, 4.69) is 12.8 Å². The van der Waals surface area contributed by atoms with Crippen LogP contribution in [0.5, 0.6) is 0 Å². The Labute approximate surface area is 58.3 Å². The number of thiol groups is 1. The van der Waals surface area contributed by atoms with Crippen LogP contribution in [-0.2, 0) is 4.79 Å². The zero-order chi connectivity index (χ0) is 5.98. The number of carbonyl (C=O) groups is 1. The molecular formula is C4H7NOS2. The molecule has 0 aromatic carbocycles. The van der Waals surface area contributed by atoms with E-state index in [0.717, 1.165) is 5.75 Å². The quantitative estimate of drug-likeness (QED) is 0.405. The van der Waals surface area contributed by atoms with Gasteiger partial charge in [-0.25, -0.2) is 0 Å². The van der Waals surface area contributed by atoms with Gasteiger partial charge in [0.1, 0.15) is 5.78 Å². The van der Waals surface area contributed by atoms with Crippen LogP contribution in [0.1, 0.15) is 6.42 Å². The summed E-state index contributed by atoms with van der Waals surface area (Å²) in [6.45, 7) is 0.494. The molecule has 0 radical (unpaired) electrons. The second-order valence-electron chi connectivity index (χ2n) is 1.63. The molecule has 0 aliphatic carbocycles. The molecule has 0 bridgehead atoms. The lowest BCUT2D eigenvalue weighted by Gasteiger charge is -2.17. The van der Waals surface area contributed by atoms with Crippen LogP contribution in [-0.4, -0.2) is 21.8 Å². The number of ketones is 1. The standard InChI is InChI=1S/C4H7NOS2/c6-4-1-2-8-5(7)3-4/h7H,1-3H2. The van der Waals surface area contributed by atoms with Gasteiger partial charge in [0.25, 0.3) is 0 Å². The largest absolute Gasteiger partial charge is 0.298 e. The maximum absolute atomic E-state index is 10.6. The molecule has 0 spiro atoms. The van der Waals surface area contributed by atoms with Crippen molar-refractivity contribution in [1.82, 2.24) is 3.71 Å². The second kappa shape index (κ2) is 2.75. The third-order valence-corrected chi connectivity index (χ3v) is 2.23. The molecule has 8 heavy (non-hydrogen) atoms. The van der Waals surface area contributed by atoms with Gasteiger partial charge in [-0.3, -0.25) is 4.79 Å². The lowest BCUT2D eigenvalue weighted by molar-refractivity contribution is -0.118. The molecule has 0 N–H and O–H groups in total. The fourth-order valence-electron chi connectivity index (χ4n) is 0.540. The van der Waals surface area contributed by atoms with Gasteiger partial charge >= 0.3 is 0 Å². The van der Waals surface area contributed by atoms with Gasteiger partial charge in [0.2, 0.25) is 0 Å². The number of nitrogens with zero attached hydrogens (tertiary/aromatic N) is 1. The lowest BCUT2D eigenvalue weighted by Crippen LogP contribution is -2.21. The molecule has 1 aliphatic heterocycles. The molecule has 1 fully saturated rings. The highest BCUT2D eigenvalue weighted by molar-refractivity contribution is 8.05. The van der Waals surface area contributed by atoms with Crippen LogP contribution >= 0.6 is 24.8 Å². The van der Waals surface area contributed by atoms with E-state index in [0.29, 0.717) is 18.7 Å². The van der Waals surface area contributed by atoms with Crippen molar-refractivity contribution in [3.63, 3.8) is 0 Å². The molecule has 0 aromatic rings. The first-order valence-electron chi connectivity index (χ1n) is 2.40. The molecular weight excluding hydrogens is 142 g/mol. The normalized spacial score (nSPS) is 23.9. The average molecular weight is 149 g/mol. The summed E-state index contributed by atoms with van der Waals surface area (Å²) in [7, 11) is 0. The minimum absolute atomic E-state index is 0.291. The highest BCUT2D eigenvalue weighted by Gasteiger charge is 2.13. The maximum atomic E-state index is 10.6. The molecule has 1 rings (SSSR count). The van der Waals surface area contributed by atoms with Crippen LogP contribution in [0.4, 0.5) is 0 Å². The van der Waals surface area contributed by atoms with E-state index < -0.39 is 0 Å². The predicted molar refractivity (Wildman–Crippen MR) is 37.8 cm³/mol. The van der Waals surface area contributed by atoms with Crippen molar-refractivity contribution in [2.75, 3.05) is 12.3 Å². The average Bonchev–Trinajstić information content (AvgIpc) is 1.64. The second-order valence-corrected chi connectivity index (χ2v) is 3.49.